The fraction of sp³-hybridized carbons (Fsp3) is 0.116. The van der Waals surface area contributed by atoms with Crippen molar-refractivity contribution in [2.24, 2.45) is 5.14 Å². The Balaban J connectivity index is 0.000000154. The predicted molar refractivity (Wildman–Crippen MR) is 364 cm³/mol. The van der Waals surface area contributed by atoms with Gasteiger partial charge in [0, 0.05) is 45.8 Å². The molecule has 0 amide bonds. The molecule has 0 atom stereocenters. The minimum absolute atomic E-state index is 0.00957. The molecular weight excluding hydrogens is 1330 g/mol. The molecule has 0 bridgehead atoms. The van der Waals surface area contributed by atoms with Crippen LogP contribution in [0.1, 0.15) is 39.4 Å². The van der Waals surface area contributed by atoms with Gasteiger partial charge in [-0.3, -0.25) is 20.1 Å². The van der Waals surface area contributed by atoms with E-state index in [9.17, 15) is 39.8 Å². The van der Waals surface area contributed by atoms with E-state index in [0.29, 0.717) is 107 Å². The monoisotopic (exact) mass is 1390 g/mol. The Morgan fingerprint density at radius 3 is 1.29 bits per heavy atom. The minimum atomic E-state index is -3.85. The van der Waals surface area contributed by atoms with Gasteiger partial charge >= 0.3 is 0 Å². The molecule has 0 aliphatic rings. The summed E-state index contributed by atoms with van der Waals surface area (Å²) < 4.78 is 110. The lowest BCUT2D eigenvalue weighted by Gasteiger charge is -2.07. The summed E-state index contributed by atoms with van der Waals surface area (Å²) in [6.45, 7) is 7.02. The number of sulfonamides is 3. The van der Waals surface area contributed by atoms with Gasteiger partial charge in [0.25, 0.3) is 5.69 Å². The second-order valence-corrected chi connectivity index (χ2v) is 27.4. The van der Waals surface area contributed by atoms with E-state index < -0.39 is 35.0 Å². The largest absolute Gasteiger partial charge is 0.353 e. The normalized spacial score (nSPS) is 11.5. The molecule has 0 fully saturated rings. The van der Waals surface area contributed by atoms with Gasteiger partial charge in [-0.05, 0) is 101 Å². The molecule has 99 heavy (non-hydrogen) atoms. The fourth-order valence-corrected chi connectivity index (χ4v) is 12.5. The Bertz CT molecular complexity index is 5510. The number of nitrogens with one attached hydrogen (secondary N) is 2. The van der Waals surface area contributed by atoms with Crippen LogP contribution in [0.2, 0.25) is 0 Å². The van der Waals surface area contributed by atoms with E-state index in [1.807, 2.05) is 91.0 Å². The molecule has 0 aliphatic carbocycles. The van der Waals surface area contributed by atoms with Crippen molar-refractivity contribution in [2.75, 3.05) is 14.1 Å². The van der Waals surface area contributed by atoms with Crippen molar-refractivity contribution in [1.82, 2.24) is 64.9 Å². The van der Waals surface area contributed by atoms with Gasteiger partial charge in [-0.15, -0.1) is 16.6 Å². The van der Waals surface area contributed by atoms with E-state index in [2.05, 4.69) is 61.4 Å². The van der Waals surface area contributed by atoms with Crippen LogP contribution in [-0.2, 0) is 43.2 Å². The van der Waals surface area contributed by atoms with E-state index in [1.54, 1.807) is 76.5 Å². The van der Waals surface area contributed by atoms with Gasteiger partial charge < -0.3 is 13.6 Å². The van der Waals surface area contributed by atoms with Gasteiger partial charge in [0.1, 0.15) is 22.9 Å². The first kappa shape index (κ1) is 68.5. The van der Waals surface area contributed by atoms with Crippen LogP contribution in [0.3, 0.4) is 0 Å². The van der Waals surface area contributed by atoms with Crippen molar-refractivity contribution in [1.29, 1.82) is 0 Å². The van der Waals surface area contributed by atoms with E-state index >= 15 is 0 Å². The van der Waals surface area contributed by atoms with Crippen LogP contribution in [-0.4, -0.2) is 99.7 Å². The lowest BCUT2D eigenvalue weighted by molar-refractivity contribution is -0.386. The maximum Gasteiger partial charge on any atom is 0.278 e. The summed E-state index contributed by atoms with van der Waals surface area (Å²) in [4.78, 5) is 20.1. The summed E-state index contributed by atoms with van der Waals surface area (Å²) in [5.74, 6) is 3.17. The molecule has 13 aromatic rings. The van der Waals surface area contributed by atoms with E-state index in [4.69, 9.17) is 25.1 Å². The lowest BCUT2D eigenvalue weighted by atomic mass is 9.98. The lowest BCUT2D eigenvalue weighted by Crippen LogP contribution is -2.18. The number of primary sulfonamides is 1. The number of hydrogen-bond acceptors (Lipinski definition) is 20. The first-order valence-corrected chi connectivity index (χ1v) is 34.3. The molecule has 13 rings (SSSR count). The number of terminal acetylenes is 1. The Kier molecular flexibility index (Phi) is 20.0. The second-order valence-electron chi connectivity index (χ2n) is 22.0. The van der Waals surface area contributed by atoms with Crippen LogP contribution >= 0.6 is 0 Å². The summed E-state index contributed by atoms with van der Waals surface area (Å²) in [6, 6.07) is 47.2. The number of aryl methyl sites for hydroxylation is 2. The van der Waals surface area contributed by atoms with Crippen LogP contribution in [0.15, 0.2) is 217 Å². The van der Waals surface area contributed by atoms with Crippen LogP contribution in [0.4, 0.5) is 10.1 Å². The first-order valence-electron chi connectivity index (χ1n) is 29.8. The van der Waals surface area contributed by atoms with Crippen molar-refractivity contribution in [2.45, 2.75) is 55.5 Å². The number of nitrogens with two attached hydrogens (primary N) is 1. The van der Waals surface area contributed by atoms with Crippen LogP contribution < -0.4 is 14.6 Å². The van der Waals surface area contributed by atoms with E-state index in [1.165, 1.54) is 72.3 Å². The highest BCUT2D eigenvalue weighted by Crippen LogP contribution is 2.42. The topological polar surface area (TPSA) is 361 Å². The number of rotatable bonds is 18. The molecule has 4 N–H and O–H groups in total. The predicted octanol–water partition coefficient (Wildman–Crippen LogP) is 11.2. The molecule has 0 saturated carbocycles. The number of pyridine rings is 2. The average Bonchev–Trinajstić information content (AvgIpc) is 1.65. The minimum Gasteiger partial charge on any atom is -0.353 e. The molecule has 7 heterocycles. The van der Waals surface area contributed by atoms with Gasteiger partial charge in [-0.2, -0.15) is 0 Å². The van der Waals surface area contributed by atoms with Crippen LogP contribution in [0.5, 0.6) is 0 Å². The summed E-state index contributed by atoms with van der Waals surface area (Å²) >= 11 is 0. The number of aromatic nitrogens is 11. The number of nitrogens with zero attached hydrogens (tertiary/aromatic N) is 12. The first-order chi connectivity index (χ1) is 47.5. The van der Waals surface area contributed by atoms with Crippen molar-refractivity contribution < 1.29 is 48.1 Å². The third kappa shape index (κ3) is 14.8. The highest BCUT2D eigenvalue weighted by Gasteiger charge is 2.28. The zero-order valence-electron chi connectivity index (χ0n) is 53.4. The molecule has 6 aromatic carbocycles. The maximum atomic E-state index is 14.3. The number of benzene rings is 6. The molecule has 30 heteroatoms. The van der Waals surface area contributed by atoms with Crippen molar-refractivity contribution in [3.8, 4) is 102 Å². The molecular formula is C69H58FN15O11S3. The third-order valence-corrected chi connectivity index (χ3v) is 19.5. The Morgan fingerprint density at radius 2 is 0.899 bits per heavy atom. The number of nitro groups is 1. The Morgan fingerprint density at radius 1 is 0.525 bits per heavy atom. The molecule has 500 valence electrons. The average molecular weight is 1390 g/mol. The molecule has 26 nitrogen and oxygen atoms in total. The number of hydrogen-bond donors (Lipinski definition) is 3. The Labute approximate surface area is 566 Å². The standard InChI is InChI=1S/C26H23N7O5S.C25H21FN6O3S.C18H14N2O3S/c1-16-13-28-21(17(2)25(16)33(34)35)14-32-15-22(29-31-32)26-23(24(30-38-26)19-7-5-4-6-8-19)18-9-11-20(12-10-18)39(36,37)27-3;1-15-12-28-20(16(2)23(15)26)13-32-14-21(29-31-32)25-22(17-8-10-19(11-9-17)36(27,33)34)24(30-35-25)18-6-4-3-5-7-18;1-3-16-17(18(20-23-16)14-7-5-4-6-8-14)13-9-11-15(12-10-13)24(21,22)19-2/h4-13,15,27H,14H2,1-3H3;3-12,14H,13H2,1-2H3,(H2,27,33,34);1,4-12,19H,2H3/i;26-1;. The van der Waals surface area contributed by atoms with Gasteiger partial charge in [-0.25, -0.2) is 53.6 Å². The fourth-order valence-electron chi connectivity index (χ4n) is 10.5. The highest BCUT2D eigenvalue weighted by molar-refractivity contribution is 7.90. The summed E-state index contributed by atoms with van der Waals surface area (Å²) in [6.07, 6.45) is 11.8. The number of halogens is 1. The third-order valence-electron chi connectivity index (χ3n) is 15.7. The highest BCUT2D eigenvalue weighted by atomic mass is 32.2. The van der Waals surface area contributed by atoms with E-state index in [0.717, 1.165) is 22.3 Å². The quantitative estimate of drug-likeness (QED) is 0.0408. The van der Waals surface area contributed by atoms with Crippen LogP contribution in [0, 0.1) is 56.0 Å². The second kappa shape index (κ2) is 28.8. The SMILES string of the molecule is C#Cc1onc(-c2ccccc2)c1-c1ccc(S(=O)(=O)NC)cc1.CNS(=O)(=O)c1ccc(-c2c(-c3ccccc3)noc2-c2cn(Cc3ncc(C)c([N+](=O)[O-])c3C)nn2)cc1.Cc1cnc(Cn2cc(-c3onc(-c4ccccc4)c3-c3ccc(S(N)(=O)=O)cc3)nn2)c(C)c1[18F]. The summed E-state index contributed by atoms with van der Waals surface area (Å²) in [5, 5.41) is 46.3. The van der Waals surface area contributed by atoms with Crippen molar-refractivity contribution in [3.05, 3.63) is 244 Å². The van der Waals surface area contributed by atoms with Crippen molar-refractivity contribution >= 4 is 35.8 Å². The zero-order valence-corrected chi connectivity index (χ0v) is 55.9. The summed E-state index contributed by atoms with van der Waals surface area (Å²) in [5.41, 5.74) is 11.9. The van der Waals surface area contributed by atoms with E-state index in [-0.39, 0.29) is 39.3 Å². The maximum absolute atomic E-state index is 14.3. The smallest absolute Gasteiger partial charge is 0.278 e. The summed E-state index contributed by atoms with van der Waals surface area (Å²) in [7, 11) is -8.23. The zero-order chi connectivity index (χ0) is 70.3. The van der Waals surface area contributed by atoms with Gasteiger partial charge in [-0.1, -0.05) is 153 Å². The van der Waals surface area contributed by atoms with Gasteiger partial charge in [0.2, 0.25) is 35.8 Å². The van der Waals surface area contributed by atoms with Crippen molar-refractivity contribution in [3.63, 3.8) is 0 Å². The molecule has 0 radical (unpaired) electrons. The van der Waals surface area contributed by atoms with Gasteiger partial charge in [0.15, 0.2) is 22.9 Å². The molecule has 0 unspecified atom stereocenters. The molecule has 0 aliphatic heterocycles. The molecule has 0 spiro atoms. The Hall–Kier alpha value is -11.9. The molecule has 7 aromatic heterocycles. The van der Waals surface area contributed by atoms with Crippen LogP contribution in [0.25, 0.3) is 90.1 Å². The van der Waals surface area contributed by atoms with Gasteiger partial charge in [0.05, 0.1) is 78.7 Å². The molecule has 0 saturated heterocycles.